The van der Waals surface area contributed by atoms with Gasteiger partial charge in [0.05, 0.1) is 6.61 Å². The number of carbonyl (C=O) groups is 1. The van der Waals surface area contributed by atoms with Crippen molar-refractivity contribution in [2.75, 3.05) is 6.61 Å². The molecule has 1 aromatic heterocycles. The first-order valence-corrected chi connectivity index (χ1v) is 9.89. The van der Waals surface area contributed by atoms with E-state index in [9.17, 15) is 4.79 Å². The summed E-state index contributed by atoms with van der Waals surface area (Å²) >= 11 is 0. The second kappa shape index (κ2) is 9.84. The number of unbranched alkanes of at least 4 members (excludes halogenated alkanes) is 1. The van der Waals surface area contributed by atoms with Crippen LogP contribution < -0.4 is 4.74 Å². The lowest BCUT2D eigenvalue weighted by Crippen LogP contribution is -2.07. The number of ketones is 1. The maximum Gasteiger partial charge on any atom is 0.141 e. The molecular formula is C25H27NO2. The van der Waals surface area contributed by atoms with Gasteiger partial charge in [0.15, 0.2) is 0 Å². The van der Waals surface area contributed by atoms with Crippen molar-refractivity contribution >= 4 is 5.78 Å². The third-order valence-corrected chi connectivity index (χ3v) is 4.65. The topological polar surface area (TPSA) is 39.2 Å². The molecule has 3 rings (SSSR count). The second-order valence-electron chi connectivity index (χ2n) is 7.12. The lowest BCUT2D eigenvalue weighted by Gasteiger charge is -2.08. The number of pyridine rings is 1. The van der Waals surface area contributed by atoms with Crippen molar-refractivity contribution in [2.24, 2.45) is 0 Å². The van der Waals surface area contributed by atoms with Crippen LogP contribution in [0.4, 0.5) is 0 Å². The SMILES string of the molecule is CCCCOc1cccc(CC(=O)Cc2ccc(-c3ccnc(C)c3)cc2)c1. The predicted molar refractivity (Wildman–Crippen MR) is 114 cm³/mol. The summed E-state index contributed by atoms with van der Waals surface area (Å²) in [6.45, 7) is 4.85. The van der Waals surface area contributed by atoms with Gasteiger partial charge in [-0.15, -0.1) is 0 Å². The highest BCUT2D eigenvalue weighted by molar-refractivity contribution is 5.83. The zero-order chi connectivity index (χ0) is 19.8. The average molecular weight is 373 g/mol. The number of ether oxygens (including phenoxy) is 1. The zero-order valence-corrected chi connectivity index (χ0v) is 16.7. The van der Waals surface area contributed by atoms with Gasteiger partial charge in [-0.25, -0.2) is 0 Å². The van der Waals surface area contributed by atoms with Crippen LogP contribution >= 0.6 is 0 Å². The van der Waals surface area contributed by atoms with Crippen LogP contribution in [0.15, 0.2) is 66.9 Å². The van der Waals surface area contributed by atoms with Gasteiger partial charge in [0.25, 0.3) is 0 Å². The monoisotopic (exact) mass is 373 g/mol. The summed E-state index contributed by atoms with van der Waals surface area (Å²) in [4.78, 5) is 16.7. The van der Waals surface area contributed by atoms with Gasteiger partial charge in [0.2, 0.25) is 0 Å². The molecule has 0 saturated heterocycles. The maximum absolute atomic E-state index is 12.5. The minimum atomic E-state index is 0.207. The van der Waals surface area contributed by atoms with Gasteiger partial charge in [-0.3, -0.25) is 9.78 Å². The molecule has 3 nitrogen and oxygen atoms in total. The highest BCUT2D eigenvalue weighted by atomic mass is 16.5. The lowest BCUT2D eigenvalue weighted by molar-refractivity contribution is -0.117. The molecule has 0 spiro atoms. The Morgan fingerprint density at radius 2 is 1.71 bits per heavy atom. The number of hydrogen-bond acceptors (Lipinski definition) is 3. The van der Waals surface area contributed by atoms with Crippen LogP contribution in [0.3, 0.4) is 0 Å². The van der Waals surface area contributed by atoms with Gasteiger partial charge >= 0.3 is 0 Å². The van der Waals surface area contributed by atoms with Crippen molar-refractivity contribution in [3.8, 4) is 16.9 Å². The van der Waals surface area contributed by atoms with E-state index in [-0.39, 0.29) is 5.78 Å². The molecule has 0 aliphatic rings. The van der Waals surface area contributed by atoms with E-state index < -0.39 is 0 Å². The number of nitrogens with zero attached hydrogens (tertiary/aromatic N) is 1. The van der Waals surface area contributed by atoms with E-state index in [0.717, 1.165) is 53.1 Å². The van der Waals surface area contributed by atoms with Crippen molar-refractivity contribution in [1.29, 1.82) is 0 Å². The van der Waals surface area contributed by atoms with Crippen LogP contribution in [-0.2, 0) is 17.6 Å². The van der Waals surface area contributed by atoms with Gasteiger partial charge in [-0.1, -0.05) is 49.7 Å². The summed E-state index contributed by atoms with van der Waals surface area (Å²) in [5.41, 5.74) is 5.32. The standard InChI is InChI=1S/C25H27NO2/c1-3-4-14-28-25-7-5-6-21(18-25)17-24(27)16-20-8-10-22(11-9-20)23-12-13-26-19(2)15-23/h5-13,15,18H,3-4,14,16-17H2,1-2H3. The summed E-state index contributed by atoms with van der Waals surface area (Å²) < 4.78 is 5.73. The first-order chi connectivity index (χ1) is 13.6. The van der Waals surface area contributed by atoms with Crippen molar-refractivity contribution < 1.29 is 9.53 Å². The first kappa shape index (κ1) is 19.8. The van der Waals surface area contributed by atoms with Gasteiger partial charge in [-0.2, -0.15) is 0 Å². The Kier molecular flexibility index (Phi) is 6.96. The highest BCUT2D eigenvalue weighted by Gasteiger charge is 2.07. The smallest absolute Gasteiger partial charge is 0.141 e. The number of carbonyl (C=O) groups excluding carboxylic acids is 1. The van der Waals surface area contributed by atoms with Crippen LogP contribution in [0.25, 0.3) is 11.1 Å². The van der Waals surface area contributed by atoms with Gasteiger partial charge in [0, 0.05) is 24.7 Å². The van der Waals surface area contributed by atoms with Crippen LogP contribution in [0, 0.1) is 6.92 Å². The number of benzene rings is 2. The van der Waals surface area contributed by atoms with Crippen molar-refractivity contribution in [3.05, 3.63) is 83.7 Å². The van der Waals surface area contributed by atoms with E-state index in [1.807, 2.05) is 55.6 Å². The largest absolute Gasteiger partial charge is 0.494 e. The molecule has 0 N–H and O–H groups in total. The summed E-state index contributed by atoms with van der Waals surface area (Å²) in [5, 5.41) is 0. The van der Waals surface area contributed by atoms with Crippen LogP contribution in [0.2, 0.25) is 0 Å². The Morgan fingerprint density at radius 1 is 0.929 bits per heavy atom. The molecule has 28 heavy (non-hydrogen) atoms. The molecule has 0 amide bonds. The number of rotatable bonds is 9. The predicted octanol–water partition coefficient (Wildman–Crippen LogP) is 5.59. The summed E-state index contributed by atoms with van der Waals surface area (Å²) in [6, 6.07) is 20.1. The highest BCUT2D eigenvalue weighted by Crippen LogP contribution is 2.20. The lowest BCUT2D eigenvalue weighted by atomic mass is 9.99. The van der Waals surface area contributed by atoms with Crippen molar-refractivity contribution in [1.82, 2.24) is 4.98 Å². The quantitative estimate of drug-likeness (QED) is 0.459. The number of Topliss-reactive ketones (excluding diaryl/α,β-unsaturated/α-hetero) is 1. The molecule has 144 valence electrons. The van der Waals surface area contributed by atoms with Crippen LogP contribution in [-0.4, -0.2) is 17.4 Å². The molecule has 0 saturated carbocycles. The maximum atomic E-state index is 12.5. The molecule has 3 aromatic rings. The molecule has 0 aliphatic heterocycles. The van der Waals surface area contributed by atoms with Crippen LogP contribution in [0.1, 0.15) is 36.6 Å². The van der Waals surface area contributed by atoms with E-state index in [0.29, 0.717) is 12.8 Å². The Hall–Kier alpha value is -2.94. The van der Waals surface area contributed by atoms with E-state index in [1.165, 1.54) is 0 Å². The molecule has 0 fully saturated rings. The summed E-state index contributed by atoms with van der Waals surface area (Å²) in [5.74, 6) is 1.05. The molecule has 0 atom stereocenters. The number of aromatic nitrogens is 1. The summed E-state index contributed by atoms with van der Waals surface area (Å²) in [7, 11) is 0. The van der Waals surface area contributed by atoms with E-state index in [2.05, 4.69) is 30.1 Å². The molecule has 0 radical (unpaired) electrons. The second-order valence-corrected chi connectivity index (χ2v) is 7.12. The molecular weight excluding hydrogens is 346 g/mol. The zero-order valence-electron chi connectivity index (χ0n) is 16.7. The fraction of sp³-hybridized carbons (Fsp3) is 0.280. The van der Waals surface area contributed by atoms with Crippen molar-refractivity contribution in [3.63, 3.8) is 0 Å². The van der Waals surface area contributed by atoms with Gasteiger partial charge in [-0.05, 0) is 59.9 Å². The summed E-state index contributed by atoms with van der Waals surface area (Å²) in [6.07, 6.45) is 4.84. The Morgan fingerprint density at radius 3 is 2.46 bits per heavy atom. The Bertz CT molecular complexity index is 916. The molecule has 2 aromatic carbocycles. The molecule has 0 bridgehead atoms. The number of aryl methyl sites for hydroxylation is 1. The fourth-order valence-corrected chi connectivity index (χ4v) is 3.14. The number of hydrogen-bond donors (Lipinski definition) is 0. The minimum Gasteiger partial charge on any atom is -0.494 e. The molecule has 0 aliphatic carbocycles. The van der Waals surface area contributed by atoms with E-state index in [1.54, 1.807) is 0 Å². The molecule has 3 heteroatoms. The Labute approximate surface area is 167 Å². The van der Waals surface area contributed by atoms with Gasteiger partial charge in [0.1, 0.15) is 11.5 Å². The Balaban J connectivity index is 1.58. The molecule has 0 unspecified atom stereocenters. The average Bonchev–Trinajstić information content (AvgIpc) is 2.69. The third-order valence-electron chi connectivity index (χ3n) is 4.65. The fourth-order valence-electron chi connectivity index (χ4n) is 3.14. The minimum absolute atomic E-state index is 0.207. The van der Waals surface area contributed by atoms with Crippen molar-refractivity contribution in [2.45, 2.75) is 39.5 Å². The molecule has 1 heterocycles. The van der Waals surface area contributed by atoms with Crippen LogP contribution in [0.5, 0.6) is 5.75 Å². The van der Waals surface area contributed by atoms with E-state index in [4.69, 9.17) is 4.74 Å². The van der Waals surface area contributed by atoms with Gasteiger partial charge < -0.3 is 4.74 Å². The van der Waals surface area contributed by atoms with E-state index >= 15 is 0 Å². The normalized spacial score (nSPS) is 10.6. The first-order valence-electron chi connectivity index (χ1n) is 9.89. The third kappa shape index (κ3) is 5.78.